The minimum atomic E-state index is -2.36. The Morgan fingerprint density at radius 3 is 2.04 bits per heavy atom. The van der Waals surface area contributed by atoms with Gasteiger partial charge in [0.25, 0.3) is 0 Å². The Balaban J connectivity index is 1.82. The van der Waals surface area contributed by atoms with Crippen LogP contribution in [0.25, 0.3) is 11.3 Å². The summed E-state index contributed by atoms with van der Waals surface area (Å²) in [5.41, 5.74) is 2.07. The van der Waals surface area contributed by atoms with Crippen molar-refractivity contribution in [3.8, 4) is 11.3 Å². The molecule has 2 aromatic rings. The summed E-state index contributed by atoms with van der Waals surface area (Å²) >= 11 is 0. The first kappa shape index (κ1) is 19.1. The maximum atomic E-state index is 12.3. The molecule has 0 amide bonds. The number of hydrogen-bond donors (Lipinski definition) is 0. The molecule has 1 fully saturated rings. The van der Waals surface area contributed by atoms with E-state index < -0.39 is 9.73 Å². The molecule has 3 rings (SSSR count). The summed E-state index contributed by atoms with van der Waals surface area (Å²) in [5, 5.41) is 0. The number of benzene rings is 1. The topological polar surface area (TPSA) is 60.8 Å². The van der Waals surface area contributed by atoms with Crippen LogP contribution in [0, 0.1) is 0 Å². The van der Waals surface area contributed by atoms with E-state index in [-0.39, 0.29) is 18.3 Å². The van der Waals surface area contributed by atoms with Crippen molar-refractivity contribution in [1.82, 2.24) is 4.98 Å². The van der Waals surface area contributed by atoms with Crippen molar-refractivity contribution in [3.05, 3.63) is 42.6 Å². The van der Waals surface area contributed by atoms with Gasteiger partial charge >= 0.3 is 7.12 Å². The van der Waals surface area contributed by atoms with Crippen LogP contribution in [0.3, 0.4) is 0 Å². The van der Waals surface area contributed by atoms with E-state index in [1.807, 2.05) is 64.1 Å². The second kappa shape index (κ2) is 6.48. The standard InChI is InChI=1S/C19H25BN2O3S/c1-18(2)19(3,4)25-20(24-18)15-9-7-14(8-10-15)17-12-11-16(13-22-17)26(6,23)21-5/h7-13H,1-6H3. The van der Waals surface area contributed by atoms with Crippen molar-refractivity contribution < 1.29 is 13.5 Å². The van der Waals surface area contributed by atoms with Crippen LogP contribution in [-0.2, 0) is 19.0 Å². The van der Waals surface area contributed by atoms with Crippen molar-refractivity contribution in [3.63, 3.8) is 0 Å². The number of nitrogens with zero attached hydrogens (tertiary/aromatic N) is 2. The van der Waals surface area contributed by atoms with Gasteiger partial charge in [-0.15, -0.1) is 0 Å². The number of pyridine rings is 1. The largest absolute Gasteiger partial charge is 0.494 e. The normalized spacial score (nSPS) is 20.6. The Morgan fingerprint density at radius 1 is 1.00 bits per heavy atom. The molecule has 26 heavy (non-hydrogen) atoms. The molecule has 1 aromatic carbocycles. The van der Waals surface area contributed by atoms with Gasteiger partial charge in [-0.2, -0.15) is 0 Å². The zero-order chi connectivity index (χ0) is 19.2. The van der Waals surface area contributed by atoms with Gasteiger partial charge in [-0.3, -0.25) is 4.98 Å². The Labute approximate surface area is 156 Å². The third-order valence-corrected chi connectivity index (χ3v) is 7.07. The fraction of sp³-hybridized carbons (Fsp3) is 0.421. The van der Waals surface area contributed by atoms with E-state index in [4.69, 9.17) is 9.31 Å². The zero-order valence-electron chi connectivity index (χ0n) is 16.1. The fourth-order valence-electron chi connectivity index (χ4n) is 2.67. The summed E-state index contributed by atoms with van der Waals surface area (Å²) in [6.07, 6.45) is 3.25. The molecule has 0 N–H and O–H groups in total. The van der Waals surface area contributed by atoms with Gasteiger partial charge in [0.15, 0.2) is 0 Å². The highest BCUT2D eigenvalue weighted by molar-refractivity contribution is 7.93. The molecule has 1 aliphatic rings. The molecule has 1 unspecified atom stereocenters. The van der Waals surface area contributed by atoms with Crippen molar-refractivity contribution >= 4 is 22.3 Å². The maximum absolute atomic E-state index is 12.3. The Hall–Kier alpha value is -1.70. The molecule has 0 bridgehead atoms. The lowest BCUT2D eigenvalue weighted by molar-refractivity contribution is 0.00578. The van der Waals surface area contributed by atoms with Gasteiger partial charge in [-0.05, 0) is 45.3 Å². The van der Waals surface area contributed by atoms with Gasteiger partial charge in [0.1, 0.15) is 0 Å². The lowest BCUT2D eigenvalue weighted by Crippen LogP contribution is -2.41. The van der Waals surface area contributed by atoms with E-state index in [0.29, 0.717) is 4.90 Å². The first-order valence-electron chi connectivity index (χ1n) is 8.58. The molecule has 1 aliphatic heterocycles. The Morgan fingerprint density at radius 2 is 1.58 bits per heavy atom. The van der Waals surface area contributed by atoms with Crippen LogP contribution in [0.4, 0.5) is 0 Å². The summed E-state index contributed by atoms with van der Waals surface area (Å²) in [5.74, 6) is 0. The fourth-order valence-corrected chi connectivity index (χ4v) is 3.45. The molecule has 7 heteroatoms. The van der Waals surface area contributed by atoms with Crippen LogP contribution < -0.4 is 5.46 Å². The second-order valence-corrected chi connectivity index (χ2v) is 10.0. The first-order valence-corrected chi connectivity index (χ1v) is 10.5. The van der Waals surface area contributed by atoms with Crippen molar-refractivity contribution in [1.29, 1.82) is 0 Å². The highest BCUT2D eigenvalue weighted by Crippen LogP contribution is 2.36. The van der Waals surface area contributed by atoms with E-state index in [9.17, 15) is 4.21 Å². The average Bonchev–Trinajstić information content (AvgIpc) is 2.83. The van der Waals surface area contributed by atoms with Crippen LogP contribution in [-0.4, -0.2) is 40.8 Å². The highest BCUT2D eigenvalue weighted by atomic mass is 32.2. The van der Waals surface area contributed by atoms with Gasteiger partial charge in [0.2, 0.25) is 0 Å². The molecule has 1 aromatic heterocycles. The van der Waals surface area contributed by atoms with Gasteiger partial charge in [-0.1, -0.05) is 24.3 Å². The summed E-state index contributed by atoms with van der Waals surface area (Å²) in [6.45, 7) is 8.17. The van der Waals surface area contributed by atoms with Crippen LogP contribution in [0.2, 0.25) is 0 Å². The summed E-state index contributed by atoms with van der Waals surface area (Å²) in [6, 6.07) is 11.7. The van der Waals surface area contributed by atoms with Crippen molar-refractivity contribution in [2.75, 3.05) is 13.3 Å². The minimum Gasteiger partial charge on any atom is -0.399 e. The van der Waals surface area contributed by atoms with E-state index in [2.05, 4.69) is 9.35 Å². The van der Waals surface area contributed by atoms with Crippen molar-refractivity contribution in [2.45, 2.75) is 43.8 Å². The minimum absolute atomic E-state index is 0.356. The molecular formula is C19H25BN2O3S. The van der Waals surface area contributed by atoms with Gasteiger partial charge in [0, 0.05) is 25.1 Å². The van der Waals surface area contributed by atoms with Crippen LogP contribution >= 0.6 is 0 Å². The van der Waals surface area contributed by atoms with Crippen LogP contribution in [0.5, 0.6) is 0 Å². The van der Waals surface area contributed by atoms with E-state index >= 15 is 0 Å². The zero-order valence-corrected chi connectivity index (χ0v) is 17.0. The lowest BCUT2D eigenvalue weighted by atomic mass is 9.79. The molecule has 138 valence electrons. The number of hydrogen-bond acceptors (Lipinski definition) is 5. The molecule has 1 saturated heterocycles. The van der Waals surface area contributed by atoms with E-state index in [1.165, 1.54) is 0 Å². The third kappa shape index (κ3) is 3.43. The SMILES string of the molecule is CN=S(C)(=O)c1ccc(-c2ccc(B3OC(C)(C)C(C)(C)O3)cc2)nc1. The molecule has 0 radical (unpaired) electrons. The average molecular weight is 372 g/mol. The Bertz CT molecular complexity index is 899. The van der Waals surface area contributed by atoms with Gasteiger partial charge in [-0.25, -0.2) is 8.57 Å². The predicted octanol–water partition coefficient (Wildman–Crippen LogP) is 3.13. The predicted molar refractivity (Wildman–Crippen MR) is 106 cm³/mol. The van der Waals surface area contributed by atoms with Gasteiger partial charge in [0.05, 0.1) is 31.5 Å². The molecule has 0 aliphatic carbocycles. The molecule has 5 nitrogen and oxygen atoms in total. The first-order chi connectivity index (χ1) is 12.1. The Kier molecular flexibility index (Phi) is 4.75. The van der Waals surface area contributed by atoms with E-state index in [0.717, 1.165) is 16.7 Å². The smallest absolute Gasteiger partial charge is 0.399 e. The molecule has 0 spiro atoms. The van der Waals surface area contributed by atoms with Crippen LogP contribution in [0.15, 0.2) is 51.9 Å². The summed E-state index contributed by atoms with van der Waals surface area (Å²) < 4.78 is 28.4. The third-order valence-electron chi connectivity index (χ3n) is 5.25. The maximum Gasteiger partial charge on any atom is 0.494 e. The quantitative estimate of drug-likeness (QED) is 0.777. The second-order valence-electron chi connectivity index (χ2n) is 7.57. The van der Waals surface area contributed by atoms with Crippen molar-refractivity contribution in [2.24, 2.45) is 4.36 Å². The molecular weight excluding hydrogens is 347 g/mol. The molecule has 1 atom stereocenters. The summed E-state index contributed by atoms with van der Waals surface area (Å²) in [7, 11) is -1.17. The monoisotopic (exact) mass is 372 g/mol. The van der Waals surface area contributed by atoms with E-state index in [1.54, 1.807) is 19.5 Å². The molecule has 2 heterocycles. The van der Waals surface area contributed by atoms with Crippen LogP contribution in [0.1, 0.15) is 27.7 Å². The highest BCUT2D eigenvalue weighted by Gasteiger charge is 2.51. The number of rotatable bonds is 3. The molecule has 0 saturated carbocycles. The van der Waals surface area contributed by atoms with Gasteiger partial charge < -0.3 is 9.31 Å². The number of aromatic nitrogens is 1. The summed E-state index contributed by atoms with van der Waals surface area (Å²) in [4.78, 5) is 5.07. The lowest BCUT2D eigenvalue weighted by Gasteiger charge is -2.32.